The number of H-pyrrole nitrogens is 1. The Morgan fingerprint density at radius 1 is 1.09 bits per heavy atom. The predicted molar refractivity (Wildman–Crippen MR) is 128 cm³/mol. The largest absolute Gasteiger partial charge is 0.480 e. The fourth-order valence-electron chi connectivity index (χ4n) is 3.38. The zero-order valence-corrected chi connectivity index (χ0v) is 19.5. The van der Waals surface area contributed by atoms with E-state index in [1.807, 2.05) is 31.2 Å². The summed E-state index contributed by atoms with van der Waals surface area (Å²) in [5.74, 6) is -3.28. The SMILES string of the molecule is CCC(C)C(NC(=O)CN)C(=O)NC(Cc1c[nH]c2ccccc12)C(=O)NC(CS)C(=O)O. The van der Waals surface area contributed by atoms with Gasteiger partial charge in [0.1, 0.15) is 18.1 Å². The summed E-state index contributed by atoms with van der Waals surface area (Å²) >= 11 is 3.98. The van der Waals surface area contributed by atoms with Gasteiger partial charge in [-0.25, -0.2) is 4.79 Å². The fourth-order valence-corrected chi connectivity index (χ4v) is 3.63. The van der Waals surface area contributed by atoms with E-state index in [2.05, 4.69) is 33.6 Å². The third-order valence-electron chi connectivity index (χ3n) is 5.53. The topological polar surface area (TPSA) is 166 Å². The number of rotatable bonds is 12. The first-order valence-corrected chi connectivity index (χ1v) is 11.3. The second kappa shape index (κ2) is 12.3. The van der Waals surface area contributed by atoms with E-state index in [4.69, 9.17) is 5.73 Å². The minimum absolute atomic E-state index is 0.110. The van der Waals surface area contributed by atoms with Crippen molar-refractivity contribution in [2.45, 2.75) is 44.8 Å². The molecule has 1 aromatic carbocycles. The smallest absolute Gasteiger partial charge is 0.327 e. The highest BCUT2D eigenvalue weighted by Crippen LogP contribution is 2.19. The first kappa shape index (κ1) is 26.2. The number of aromatic amines is 1. The first-order chi connectivity index (χ1) is 15.7. The summed E-state index contributed by atoms with van der Waals surface area (Å²) < 4.78 is 0. The quantitative estimate of drug-likeness (QED) is 0.215. The van der Waals surface area contributed by atoms with Crippen LogP contribution in [-0.2, 0) is 25.6 Å². The number of nitrogens with two attached hydrogens (primary N) is 1. The Labute approximate surface area is 197 Å². The van der Waals surface area contributed by atoms with E-state index >= 15 is 0 Å². The van der Waals surface area contributed by atoms with Gasteiger partial charge in [-0.3, -0.25) is 14.4 Å². The summed E-state index contributed by atoms with van der Waals surface area (Å²) in [6.45, 7) is 3.40. The van der Waals surface area contributed by atoms with Crippen molar-refractivity contribution in [3.8, 4) is 0 Å². The Balaban J connectivity index is 2.32. The third-order valence-corrected chi connectivity index (χ3v) is 5.89. The lowest BCUT2D eigenvalue weighted by Gasteiger charge is -2.27. The summed E-state index contributed by atoms with van der Waals surface area (Å²) in [6, 6.07) is 4.30. The van der Waals surface area contributed by atoms with Crippen LogP contribution in [0.25, 0.3) is 10.9 Å². The predicted octanol–water partition coefficient (Wildman–Crippen LogP) is 0.184. The van der Waals surface area contributed by atoms with Crippen molar-refractivity contribution in [3.05, 3.63) is 36.0 Å². The van der Waals surface area contributed by atoms with Gasteiger partial charge in [-0.1, -0.05) is 38.5 Å². The molecule has 0 radical (unpaired) electrons. The second-order valence-corrected chi connectivity index (χ2v) is 8.21. The number of aromatic nitrogens is 1. The highest BCUT2D eigenvalue weighted by Gasteiger charge is 2.31. The number of hydrogen-bond donors (Lipinski definition) is 7. The average Bonchev–Trinajstić information content (AvgIpc) is 3.22. The molecule has 33 heavy (non-hydrogen) atoms. The molecule has 0 bridgehead atoms. The van der Waals surface area contributed by atoms with E-state index in [1.54, 1.807) is 13.1 Å². The van der Waals surface area contributed by atoms with Gasteiger partial charge in [-0.2, -0.15) is 12.6 Å². The number of carboxylic acids is 1. The van der Waals surface area contributed by atoms with E-state index in [9.17, 15) is 24.3 Å². The average molecular weight is 478 g/mol. The number of aliphatic carboxylic acids is 1. The molecular weight excluding hydrogens is 446 g/mol. The zero-order chi connectivity index (χ0) is 24.5. The van der Waals surface area contributed by atoms with Crippen LogP contribution in [0.4, 0.5) is 0 Å². The summed E-state index contributed by atoms with van der Waals surface area (Å²) in [5.41, 5.74) is 7.02. The number of carboxylic acid groups (broad SMARTS) is 1. The van der Waals surface area contributed by atoms with Gasteiger partial charge < -0.3 is 31.8 Å². The van der Waals surface area contributed by atoms with Crippen LogP contribution in [0.1, 0.15) is 25.8 Å². The lowest BCUT2D eigenvalue weighted by atomic mass is 9.97. The molecule has 7 N–H and O–H groups in total. The van der Waals surface area contributed by atoms with Gasteiger partial charge in [0, 0.05) is 29.3 Å². The Morgan fingerprint density at radius 3 is 2.36 bits per heavy atom. The van der Waals surface area contributed by atoms with Crippen LogP contribution in [0.2, 0.25) is 0 Å². The molecular formula is C22H31N5O5S. The number of thiol groups is 1. The van der Waals surface area contributed by atoms with Crippen molar-refractivity contribution < 1.29 is 24.3 Å². The van der Waals surface area contributed by atoms with Gasteiger partial charge in [0.15, 0.2) is 0 Å². The van der Waals surface area contributed by atoms with Crippen LogP contribution in [0.5, 0.6) is 0 Å². The van der Waals surface area contributed by atoms with Gasteiger partial charge >= 0.3 is 5.97 Å². The molecule has 4 atom stereocenters. The minimum atomic E-state index is -1.23. The highest BCUT2D eigenvalue weighted by molar-refractivity contribution is 7.80. The van der Waals surface area contributed by atoms with E-state index in [1.165, 1.54) is 0 Å². The number of benzene rings is 1. The molecule has 0 aliphatic heterocycles. The van der Waals surface area contributed by atoms with E-state index in [0.717, 1.165) is 16.5 Å². The van der Waals surface area contributed by atoms with E-state index < -0.39 is 41.8 Å². The molecule has 3 amide bonds. The number of amides is 3. The van der Waals surface area contributed by atoms with Gasteiger partial charge in [0.05, 0.1) is 6.54 Å². The summed E-state index contributed by atoms with van der Waals surface area (Å²) in [7, 11) is 0. The maximum Gasteiger partial charge on any atom is 0.327 e. The Morgan fingerprint density at radius 2 is 1.76 bits per heavy atom. The molecule has 2 aromatic rings. The molecule has 11 heteroatoms. The number of carbonyl (C=O) groups is 4. The number of fused-ring (bicyclic) bond motifs is 1. The lowest BCUT2D eigenvalue weighted by molar-refractivity contribution is -0.141. The third kappa shape index (κ3) is 6.96. The summed E-state index contributed by atoms with van der Waals surface area (Å²) in [4.78, 5) is 52.5. The Bertz CT molecular complexity index is 994. The molecule has 4 unspecified atom stereocenters. The van der Waals surface area contributed by atoms with E-state index in [0.29, 0.717) is 6.42 Å². The van der Waals surface area contributed by atoms with Crippen molar-refractivity contribution in [2.24, 2.45) is 11.7 Å². The molecule has 0 fully saturated rings. The maximum atomic E-state index is 13.1. The van der Waals surface area contributed by atoms with Crippen LogP contribution in [-0.4, -0.2) is 64.2 Å². The number of carbonyl (C=O) groups excluding carboxylic acids is 3. The molecule has 0 saturated carbocycles. The van der Waals surface area contributed by atoms with Crippen molar-refractivity contribution in [1.29, 1.82) is 0 Å². The van der Waals surface area contributed by atoms with Gasteiger partial charge in [0.25, 0.3) is 0 Å². The van der Waals surface area contributed by atoms with Gasteiger partial charge in [-0.15, -0.1) is 0 Å². The number of para-hydroxylation sites is 1. The normalized spacial score (nSPS) is 14.7. The van der Waals surface area contributed by atoms with Crippen LogP contribution in [0.15, 0.2) is 30.5 Å². The lowest BCUT2D eigenvalue weighted by Crippen LogP contribution is -2.58. The highest BCUT2D eigenvalue weighted by atomic mass is 32.1. The van der Waals surface area contributed by atoms with Crippen molar-refractivity contribution in [3.63, 3.8) is 0 Å². The molecule has 2 rings (SSSR count). The Kier molecular flexibility index (Phi) is 9.74. The summed E-state index contributed by atoms with van der Waals surface area (Å²) in [5, 5.41) is 17.9. The minimum Gasteiger partial charge on any atom is -0.480 e. The standard InChI is InChI=1S/C22H31N5O5S/c1-3-12(2)19(27-18(28)9-23)21(30)25-16(20(29)26-17(11-33)22(31)32)8-13-10-24-15-7-5-4-6-14(13)15/h4-7,10,12,16-17,19,24,33H,3,8-9,11,23H2,1-2H3,(H,25,30)(H,26,29)(H,27,28)(H,31,32). The zero-order valence-electron chi connectivity index (χ0n) is 18.6. The van der Waals surface area contributed by atoms with Crippen molar-refractivity contribution >= 4 is 47.2 Å². The van der Waals surface area contributed by atoms with Crippen molar-refractivity contribution in [1.82, 2.24) is 20.9 Å². The number of hydrogen-bond acceptors (Lipinski definition) is 6. The molecule has 180 valence electrons. The maximum absolute atomic E-state index is 13.1. The molecule has 10 nitrogen and oxygen atoms in total. The molecule has 0 aliphatic carbocycles. The molecule has 0 aliphatic rings. The van der Waals surface area contributed by atoms with Gasteiger partial charge in [0.2, 0.25) is 17.7 Å². The Hall–Kier alpha value is -3.05. The van der Waals surface area contributed by atoms with Crippen molar-refractivity contribution in [2.75, 3.05) is 12.3 Å². The number of nitrogens with one attached hydrogen (secondary N) is 4. The monoisotopic (exact) mass is 477 g/mol. The summed E-state index contributed by atoms with van der Waals surface area (Å²) in [6.07, 6.45) is 2.45. The van der Waals surface area contributed by atoms with Crippen LogP contribution >= 0.6 is 12.6 Å². The van der Waals surface area contributed by atoms with Crippen LogP contribution in [0, 0.1) is 5.92 Å². The van der Waals surface area contributed by atoms with Gasteiger partial charge in [-0.05, 0) is 17.5 Å². The van der Waals surface area contributed by atoms with Crippen LogP contribution < -0.4 is 21.7 Å². The second-order valence-electron chi connectivity index (χ2n) is 7.84. The van der Waals surface area contributed by atoms with E-state index in [-0.39, 0.29) is 24.6 Å². The molecule has 0 spiro atoms. The van der Waals surface area contributed by atoms with Crippen LogP contribution in [0.3, 0.4) is 0 Å². The molecule has 1 aromatic heterocycles. The molecule has 0 saturated heterocycles. The fraction of sp³-hybridized carbons (Fsp3) is 0.455. The molecule has 1 heterocycles. The first-order valence-electron chi connectivity index (χ1n) is 10.7.